The van der Waals surface area contributed by atoms with Crippen molar-refractivity contribution in [3.63, 3.8) is 0 Å². The van der Waals surface area contributed by atoms with E-state index in [2.05, 4.69) is 21.2 Å². The van der Waals surface area contributed by atoms with Gasteiger partial charge < -0.3 is 14.8 Å². The molecule has 3 aromatic carbocycles. The van der Waals surface area contributed by atoms with Gasteiger partial charge in [0.2, 0.25) is 10.0 Å². The predicted octanol–water partition coefficient (Wildman–Crippen LogP) is 3.90. The maximum Gasteiger partial charge on any atom is 0.316 e. The van der Waals surface area contributed by atoms with Crippen molar-refractivity contribution < 1.29 is 27.5 Å². The van der Waals surface area contributed by atoms with E-state index in [1.165, 1.54) is 28.2 Å². The zero-order valence-corrected chi connectivity index (χ0v) is 21.8. The van der Waals surface area contributed by atoms with Crippen molar-refractivity contribution >= 4 is 66.1 Å². The van der Waals surface area contributed by atoms with Crippen molar-refractivity contribution in [3.05, 3.63) is 65.1 Å². The Morgan fingerprint density at radius 1 is 1.06 bits per heavy atom. The molecule has 0 aromatic heterocycles. The first-order valence-electron chi connectivity index (χ1n) is 10.8. The molecule has 184 valence electrons. The first-order chi connectivity index (χ1) is 16.8. The van der Waals surface area contributed by atoms with Gasteiger partial charge >= 0.3 is 5.97 Å². The van der Waals surface area contributed by atoms with Gasteiger partial charge in [-0.05, 0) is 51.0 Å². The maximum atomic E-state index is 12.8. The Balaban J connectivity index is 1.29. The summed E-state index contributed by atoms with van der Waals surface area (Å²) in [6.07, 6.45) is 0. The first kappa shape index (κ1) is 25.6. The summed E-state index contributed by atoms with van der Waals surface area (Å²) in [6.45, 7) is 0.776. The van der Waals surface area contributed by atoms with Crippen molar-refractivity contribution in [2.24, 2.45) is 0 Å². The summed E-state index contributed by atoms with van der Waals surface area (Å²) in [6, 6.07) is 17.8. The van der Waals surface area contributed by atoms with E-state index in [9.17, 15) is 18.0 Å². The molecule has 8 nitrogen and oxygen atoms in total. The number of rotatable bonds is 8. The molecular weight excluding hydrogens is 556 g/mol. The molecule has 0 unspecified atom stereocenters. The Kier molecular flexibility index (Phi) is 8.45. The minimum atomic E-state index is -3.69. The fraction of sp³-hybridized carbons (Fsp3) is 0.250. The van der Waals surface area contributed by atoms with E-state index in [1.807, 2.05) is 36.4 Å². The number of ether oxygens (including phenoxy) is 2. The third-order valence-corrected chi connectivity index (χ3v) is 9.31. The molecule has 1 fully saturated rings. The zero-order valence-electron chi connectivity index (χ0n) is 18.6. The molecule has 1 saturated heterocycles. The number of nitrogens with one attached hydrogen (secondary N) is 1. The highest BCUT2D eigenvalue weighted by molar-refractivity contribution is 9.10. The number of sulfonamides is 1. The summed E-state index contributed by atoms with van der Waals surface area (Å²) in [7, 11) is -3.69. The average molecular weight is 579 g/mol. The van der Waals surface area contributed by atoms with Crippen LogP contribution < -0.4 is 5.32 Å². The Morgan fingerprint density at radius 3 is 2.63 bits per heavy atom. The van der Waals surface area contributed by atoms with Gasteiger partial charge in [0.25, 0.3) is 5.91 Å². The Morgan fingerprint density at radius 2 is 1.83 bits per heavy atom. The second kappa shape index (κ2) is 11.5. The monoisotopic (exact) mass is 578 g/mol. The molecule has 1 heterocycles. The Labute approximate surface area is 216 Å². The minimum absolute atomic E-state index is 0.0392. The molecule has 0 aliphatic carbocycles. The summed E-state index contributed by atoms with van der Waals surface area (Å²) < 4.78 is 38.2. The summed E-state index contributed by atoms with van der Waals surface area (Å²) in [5.41, 5.74) is 0.301. The summed E-state index contributed by atoms with van der Waals surface area (Å²) in [4.78, 5) is 25.4. The number of halogens is 1. The molecule has 11 heteroatoms. The molecular formula is C24H23BrN2O6S2. The number of hydrogen-bond acceptors (Lipinski definition) is 7. The SMILES string of the molecule is O=C(COC(=O)CSc1ccc2ccccc2c1Br)Nc1cccc(S(=O)(=O)N2CCOCC2)c1. The van der Waals surface area contributed by atoms with E-state index in [0.29, 0.717) is 18.9 Å². The topological polar surface area (TPSA) is 102 Å². The van der Waals surface area contributed by atoms with Gasteiger partial charge in [0, 0.05) is 28.1 Å². The van der Waals surface area contributed by atoms with Gasteiger partial charge in [-0.2, -0.15) is 4.31 Å². The Hall–Kier alpha value is -2.44. The van der Waals surface area contributed by atoms with Crippen LogP contribution in [0.15, 0.2) is 74.9 Å². The number of morpholine rings is 1. The van der Waals surface area contributed by atoms with Gasteiger partial charge in [0.15, 0.2) is 6.61 Å². The lowest BCUT2D eigenvalue weighted by molar-refractivity contribution is -0.144. The first-order valence-corrected chi connectivity index (χ1v) is 14.0. The van der Waals surface area contributed by atoms with E-state index >= 15 is 0 Å². The number of carbonyl (C=O) groups excluding carboxylic acids is 2. The zero-order chi connectivity index (χ0) is 24.8. The summed E-state index contributed by atoms with van der Waals surface area (Å²) in [5, 5.41) is 4.71. The van der Waals surface area contributed by atoms with Crippen LogP contribution in [0.3, 0.4) is 0 Å². The molecule has 35 heavy (non-hydrogen) atoms. The molecule has 0 saturated carbocycles. The molecule has 3 aromatic rings. The molecule has 0 radical (unpaired) electrons. The highest BCUT2D eigenvalue weighted by atomic mass is 79.9. The van der Waals surface area contributed by atoms with Crippen molar-refractivity contribution in [3.8, 4) is 0 Å². The fourth-order valence-corrected chi connectivity index (χ4v) is 6.57. The van der Waals surface area contributed by atoms with Crippen molar-refractivity contribution in [2.45, 2.75) is 9.79 Å². The molecule has 0 atom stereocenters. The largest absolute Gasteiger partial charge is 0.455 e. The van der Waals surface area contributed by atoms with E-state index in [0.717, 1.165) is 20.1 Å². The molecule has 1 N–H and O–H groups in total. The molecule has 0 spiro atoms. The fourth-order valence-electron chi connectivity index (χ4n) is 3.52. The third kappa shape index (κ3) is 6.42. The van der Waals surface area contributed by atoms with Crippen LogP contribution in [-0.2, 0) is 29.1 Å². The van der Waals surface area contributed by atoms with Crippen molar-refractivity contribution in [1.82, 2.24) is 4.31 Å². The van der Waals surface area contributed by atoms with Gasteiger partial charge in [0.1, 0.15) is 0 Å². The number of esters is 1. The maximum absolute atomic E-state index is 12.8. The van der Waals surface area contributed by atoms with Crippen LogP contribution in [0.2, 0.25) is 0 Å². The highest BCUT2D eigenvalue weighted by Gasteiger charge is 2.26. The van der Waals surface area contributed by atoms with Gasteiger partial charge in [-0.1, -0.05) is 36.4 Å². The van der Waals surface area contributed by atoms with E-state index in [4.69, 9.17) is 9.47 Å². The summed E-state index contributed by atoms with van der Waals surface area (Å²) in [5.74, 6) is -1.05. The molecule has 4 rings (SSSR count). The standard InChI is InChI=1S/C24H23BrN2O6S2/c25-24-20-7-2-1-4-17(20)8-9-21(24)34-16-23(29)33-15-22(28)26-18-5-3-6-19(14-18)35(30,31)27-10-12-32-13-11-27/h1-9,14H,10-13,15-16H2,(H,26,28). The number of benzene rings is 3. The van der Waals surface area contributed by atoms with Crippen LogP contribution in [0.5, 0.6) is 0 Å². The number of carbonyl (C=O) groups is 2. The number of thioether (sulfide) groups is 1. The average Bonchev–Trinajstić information content (AvgIpc) is 2.88. The Bertz CT molecular complexity index is 1340. The van der Waals surface area contributed by atoms with Gasteiger partial charge in [-0.15, -0.1) is 11.8 Å². The second-order valence-electron chi connectivity index (χ2n) is 7.64. The van der Waals surface area contributed by atoms with Crippen LogP contribution in [-0.4, -0.2) is 63.3 Å². The van der Waals surface area contributed by atoms with Crippen LogP contribution in [0, 0.1) is 0 Å². The predicted molar refractivity (Wildman–Crippen MR) is 138 cm³/mol. The number of anilines is 1. The van der Waals surface area contributed by atoms with Crippen molar-refractivity contribution in [2.75, 3.05) is 44.0 Å². The smallest absolute Gasteiger partial charge is 0.316 e. The van der Waals surface area contributed by atoms with Gasteiger partial charge in [-0.25, -0.2) is 8.42 Å². The number of fused-ring (bicyclic) bond motifs is 1. The lowest BCUT2D eigenvalue weighted by Gasteiger charge is -2.26. The van der Waals surface area contributed by atoms with E-state index < -0.39 is 28.5 Å². The minimum Gasteiger partial charge on any atom is -0.455 e. The second-order valence-corrected chi connectivity index (χ2v) is 11.4. The van der Waals surface area contributed by atoms with Crippen LogP contribution >= 0.6 is 27.7 Å². The molecule has 0 bridgehead atoms. The molecule has 1 aliphatic rings. The lowest BCUT2D eigenvalue weighted by atomic mass is 10.1. The van der Waals surface area contributed by atoms with Gasteiger partial charge in [0.05, 0.1) is 23.9 Å². The third-order valence-electron chi connectivity index (χ3n) is 5.26. The van der Waals surface area contributed by atoms with Gasteiger partial charge in [-0.3, -0.25) is 9.59 Å². The van der Waals surface area contributed by atoms with E-state index in [1.54, 1.807) is 12.1 Å². The van der Waals surface area contributed by atoms with Crippen LogP contribution in [0.25, 0.3) is 10.8 Å². The summed E-state index contributed by atoms with van der Waals surface area (Å²) >= 11 is 4.90. The van der Waals surface area contributed by atoms with Crippen LogP contribution in [0.4, 0.5) is 5.69 Å². The lowest BCUT2D eigenvalue weighted by Crippen LogP contribution is -2.40. The quantitative estimate of drug-likeness (QED) is 0.319. The van der Waals surface area contributed by atoms with E-state index in [-0.39, 0.29) is 23.7 Å². The highest BCUT2D eigenvalue weighted by Crippen LogP contribution is 2.34. The van der Waals surface area contributed by atoms with Crippen LogP contribution in [0.1, 0.15) is 0 Å². The normalized spacial score (nSPS) is 14.5. The van der Waals surface area contributed by atoms with Crippen molar-refractivity contribution in [1.29, 1.82) is 0 Å². The number of amides is 1. The number of hydrogen-bond donors (Lipinski definition) is 1. The molecule has 1 amide bonds. The molecule has 1 aliphatic heterocycles. The number of nitrogens with zero attached hydrogens (tertiary/aromatic N) is 1.